The van der Waals surface area contributed by atoms with Crippen LogP contribution in [0.1, 0.15) is 11.1 Å². The van der Waals surface area contributed by atoms with Crippen molar-refractivity contribution in [2.75, 3.05) is 6.61 Å². The van der Waals surface area contributed by atoms with Gasteiger partial charge in [-0.1, -0.05) is 36.4 Å². The maximum atomic E-state index is 5.80. The van der Waals surface area contributed by atoms with Gasteiger partial charge in [-0.05, 0) is 17.7 Å². The number of hydrogen-bond acceptors (Lipinski definition) is 2. The molecule has 1 spiro atoms. The van der Waals surface area contributed by atoms with E-state index in [0.717, 1.165) is 11.4 Å². The van der Waals surface area contributed by atoms with Crippen molar-refractivity contribution in [3.05, 3.63) is 59.7 Å². The monoisotopic (exact) mass is 221 g/mol. The molecular formula is C15H11NO. The second-order valence-corrected chi connectivity index (χ2v) is 4.53. The van der Waals surface area contributed by atoms with Crippen LogP contribution < -0.4 is 4.74 Å². The number of rotatable bonds is 0. The van der Waals surface area contributed by atoms with Gasteiger partial charge < -0.3 is 4.74 Å². The lowest BCUT2D eigenvalue weighted by Gasteiger charge is -2.20. The van der Waals surface area contributed by atoms with Gasteiger partial charge in [-0.2, -0.15) is 0 Å². The van der Waals surface area contributed by atoms with Crippen molar-refractivity contribution in [2.24, 2.45) is 4.99 Å². The number of hydrogen-bond donors (Lipinski definition) is 0. The Kier molecular flexibility index (Phi) is 1.57. The smallest absolute Gasteiger partial charge is 0.123 e. The molecule has 0 saturated heterocycles. The lowest BCUT2D eigenvalue weighted by Crippen LogP contribution is -2.28. The van der Waals surface area contributed by atoms with E-state index in [9.17, 15) is 0 Å². The van der Waals surface area contributed by atoms with E-state index in [1.165, 1.54) is 11.1 Å². The molecule has 1 unspecified atom stereocenters. The Balaban J connectivity index is 2.01. The zero-order chi connectivity index (χ0) is 11.3. The Hall–Kier alpha value is -2.09. The van der Waals surface area contributed by atoms with Crippen LogP contribution in [0.3, 0.4) is 0 Å². The van der Waals surface area contributed by atoms with Crippen LogP contribution in [0.15, 0.2) is 53.5 Å². The van der Waals surface area contributed by atoms with Gasteiger partial charge in [0.2, 0.25) is 0 Å². The molecule has 2 heterocycles. The summed E-state index contributed by atoms with van der Waals surface area (Å²) in [4.78, 5) is 4.53. The number of benzene rings is 2. The first-order valence-electron chi connectivity index (χ1n) is 5.77. The molecule has 1 atom stereocenters. The van der Waals surface area contributed by atoms with Gasteiger partial charge >= 0.3 is 0 Å². The summed E-state index contributed by atoms with van der Waals surface area (Å²) in [6.45, 7) is 0.660. The molecule has 2 aliphatic heterocycles. The number of fused-ring (bicyclic) bond motifs is 4. The maximum Gasteiger partial charge on any atom is 0.123 e. The highest BCUT2D eigenvalue weighted by Crippen LogP contribution is 2.48. The molecule has 2 heteroatoms. The van der Waals surface area contributed by atoms with E-state index in [-0.39, 0.29) is 5.41 Å². The van der Waals surface area contributed by atoms with Gasteiger partial charge in [0, 0.05) is 11.8 Å². The van der Waals surface area contributed by atoms with E-state index in [2.05, 4.69) is 35.3 Å². The molecule has 17 heavy (non-hydrogen) atoms. The molecule has 2 aromatic carbocycles. The largest absolute Gasteiger partial charge is 0.492 e. The van der Waals surface area contributed by atoms with Crippen LogP contribution in [0.4, 0.5) is 5.69 Å². The second kappa shape index (κ2) is 2.98. The van der Waals surface area contributed by atoms with Crippen LogP contribution in [0.25, 0.3) is 0 Å². The molecule has 0 aliphatic carbocycles. The molecule has 2 aromatic rings. The average molecular weight is 221 g/mol. The third-order valence-corrected chi connectivity index (χ3v) is 3.63. The van der Waals surface area contributed by atoms with Gasteiger partial charge in [-0.3, -0.25) is 4.99 Å². The normalized spacial score (nSPS) is 23.5. The van der Waals surface area contributed by atoms with Gasteiger partial charge in [-0.25, -0.2) is 0 Å². The lowest BCUT2D eigenvalue weighted by molar-refractivity contribution is 0.328. The first kappa shape index (κ1) is 8.99. The molecule has 82 valence electrons. The molecule has 0 aromatic heterocycles. The van der Waals surface area contributed by atoms with Crippen molar-refractivity contribution < 1.29 is 4.74 Å². The van der Waals surface area contributed by atoms with E-state index in [1.54, 1.807) is 0 Å². The van der Waals surface area contributed by atoms with Gasteiger partial charge in [0.25, 0.3) is 0 Å². The highest BCUT2D eigenvalue weighted by atomic mass is 16.5. The third kappa shape index (κ3) is 1.02. The predicted octanol–water partition coefficient (Wildman–Crippen LogP) is 3.08. The minimum Gasteiger partial charge on any atom is -0.492 e. The molecule has 0 amide bonds. The van der Waals surface area contributed by atoms with Crippen LogP contribution in [0, 0.1) is 0 Å². The number of para-hydroxylation sites is 2. The predicted molar refractivity (Wildman–Crippen MR) is 67.3 cm³/mol. The summed E-state index contributed by atoms with van der Waals surface area (Å²) in [6.07, 6.45) is 2.03. The minimum atomic E-state index is -0.160. The summed E-state index contributed by atoms with van der Waals surface area (Å²) in [6, 6.07) is 16.5. The summed E-state index contributed by atoms with van der Waals surface area (Å²) in [7, 11) is 0. The molecule has 2 aliphatic rings. The van der Waals surface area contributed by atoms with Crippen molar-refractivity contribution in [3.8, 4) is 5.75 Å². The third-order valence-electron chi connectivity index (χ3n) is 3.63. The lowest BCUT2D eigenvalue weighted by atomic mass is 9.78. The average Bonchev–Trinajstić information content (AvgIpc) is 2.95. The first-order valence-corrected chi connectivity index (χ1v) is 5.77. The summed E-state index contributed by atoms with van der Waals surface area (Å²) in [5.74, 6) is 0.982. The van der Waals surface area contributed by atoms with E-state index in [1.807, 2.05) is 24.4 Å². The van der Waals surface area contributed by atoms with Crippen molar-refractivity contribution in [3.63, 3.8) is 0 Å². The van der Waals surface area contributed by atoms with Crippen molar-refractivity contribution in [1.29, 1.82) is 0 Å². The zero-order valence-electron chi connectivity index (χ0n) is 9.26. The number of ether oxygens (including phenoxy) is 1. The highest BCUT2D eigenvalue weighted by Gasteiger charge is 2.44. The molecule has 0 saturated carbocycles. The zero-order valence-corrected chi connectivity index (χ0v) is 9.26. The van der Waals surface area contributed by atoms with Crippen LogP contribution >= 0.6 is 0 Å². The fourth-order valence-electron chi connectivity index (χ4n) is 2.77. The quantitative estimate of drug-likeness (QED) is 0.670. The standard InChI is InChI=1S/C15H11NO/c1-3-7-13-11(5-1)15(9-16-13)10-17-14-8-4-2-6-12(14)15/h1-9H,10H2. The summed E-state index contributed by atoms with van der Waals surface area (Å²) < 4.78 is 5.80. The first-order chi connectivity index (χ1) is 8.40. The van der Waals surface area contributed by atoms with Gasteiger partial charge in [-0.15, -0.1) is 0 Å². The fraction of sp³-hybridized carbons (Fsp3) is 0.133. The Labute approximate surface area is 99.6 Å². The van der Waals surface area contributed by atoms with Gasteiger partial charge in [0.1, 0.15) is 12.4 Å². The number of nitrogens with zero attached hydrogens (tertiary/aromatic N) is 1. The van der Waals surface area contributed by atoms with Crippen molar-refractivity contribution in [1.82, 2.24) is 0 Å². The Morgan fingerprint density at radius 2 is 1.71 bits per heavy atom. The molecule has 0 fully saturated rings. The fourth-order valence-corrected chi connectivity index (χ4v) is 2.77. The molecule has 0 radical (unpaired) electrons. The van der Waals surface area contributed by atoms with E-state index in [4.69, 9.17) is 4.74 Å². The SMILES string of the molecule is C1=Nc2ccccc2C12COc1ccccc12. The van der Waals surface area contributed by atoms with E-state index >= 15 is 0 Å². The maximum absolute atomic E-state index is 5.80. The van der Waals surface area contributed by atoms with Crippen LogP contribution in [-0.4, -0.2) is 12.8 Å². The van der Waals surface area contributed by atoms with Gasteiger partial charge in [0.05, 0.1) is 11.1 Å². The van der Waals surface area contributed by atoms with Crippen LogP contribution in [0.5, 0.6) is 5.75 Å². The van der Waals surface area contributed by atoms with Gasteiger partial charge in [0.15, 0.2) is 0 Å². The Bertz CT molecular complexity index is 632. The van der Waals surface area contributed by atoms with Crippen LogP contribution in [0.2, 0.25) is 0 Å². The van der Waals surface area contributed by atoms with Crippen molar-refractivity contribution >= 4 is 11.9 Å². The van der Waals surface area contributed by atoms with E-state index in [0.29, 0.717) is 6.61 Å². The second-order valence-electron chi connectivity index (χ2n) is 4.53. The summed E-state index contributed by atoms with van der Waals surface area (Å²) >= 11 is 0. The Morgan fingerprint density at radius 3 is 2.65 bits per heavy atom. The minimum absolute atomic E-state index is 0.160. The van der Waals surface area contributed by atoms with Crippen molar-refractivity contribution in [2.45, 2.75) is 5.41 Å². The topological polar surface area (TPSA) is 21.6 Å². The summed E-state index contributed by atoms with van der Waals surface area (Å²) in [5.41, 5.74) is 3.39. The molecule has 0 N–H and O–H groups in total. The highest BCUT2D eigenvalue weighted by molar-refractivity contribution is 5.91. The molecule has 4 rings (SSSR count). The van der Waals surface area contributed by atoms with E-state index < -0.39 is 0 Å². The summed E-state index contributed by atoms with van der Waals surface area (Å²) in [5, 5.41) is 0. The number of aliphatic imine (C=N–C) groups is 1. The molecule has 0 bridgehead atoms. The Morgan fingerprint density at radius 1 is 0.941 bits per heavy atom. The van der Waals surface area contributed by atoms with Crippen LogP contribution in [-0.2, 0) is 5.41 Å². The molecule has 2 nitrogen and oxygen atoms in total. The molecular weight excluding hydrogens is 210 g/mol.